The molecule has 0 spiro atoms. The topological polar surface area (TPSA) is 117 Å². The van der Waals surface area contributed by atoms with Crippen molar-refractivity contribution in [2.24, 2.45) is 5.90 Å². The smallest absolute Gasteiger partial charge is 0.343 e. The van der Waals surface area contributed by atoms with E-state index in [1.165, 1.54) is 0 Å². The van der Waals surface area contributed by atoms with Crippen LogP contribution in [0.1, 0.15) is 17.0 Å². The van der Waals surface area contributed by atoms with Crippen molar-refractivity contribution >= 4 is 5.97 Å². The van der Waals surface area contributed by atoms with Gasteiger partial charge in [-0.25, -0.2) is 10.7 Å². The first kappa shape index (κ1) is 30.0. The maximum Gasteiger partial charge on any atom is 0.343 e. The van der Waals surface area contributed by atoms with Crippen LogP contribution >= 0.6 is 0 Å². The summed E-state index contributed by atoms with van der Waals surface area (Å²) in [6, 6.07) is 23.8. The lowest BCUT2D eigenvalue weighted by Crippen LogP contribution is -2.37. The van der Waals surface area contributed by atoms with E-state index in [4.69, 9.17) is 43.9 Å². The van der Waals surface area contributed by atoms with Crippen molar-refractivity contribution in [1.82, 2.24) is 0 Å². The SMILES string of the molecule is COCCOCOc1cccc(OC(=O)C(ON)C(c2ccccc2)c2ccccc2)c1OCOCCOC. The fourth-order valence-electron chi connectivity index (χ4n) is 3.74. The van der Waals surface area contributed by atoms with Gasteiger partial charge in [-0.2, -0.15) is 0 Å². The highest BCUT2D eigenvalue weighted by atomic mass is 16.7. The van der Waals surface area contributed by atoms with Crippen LogP contribution in [0.2, 0.25) is 0 Å². The van der Waals surface area contributed by atoms with E-state index in [0.29, 0.717) is 32.2 Å². The summed E-state index contributed by atoms with van der Waals surface area (Å²) in [5, 5.41) is 0. The van der Waals surface area contributed by atoms with Crippen molar-refractivity contribution in [3.05, 3.63) is 90.0 Å². The van der Waals surface area contributed by atoms with Gasteiger partial charge in [0.1, 0.15) is 0 Å². The molecule has 1 unspecified atom stereocenters. The zero-order valence-corrected chi connectivity index (χ0v) is 22.2. The van der Waals surface area contributed by atoms with Crippen molar-refractivity contribution in [2.75, 3.05) is 54.2 Å². The highest BCUT2D eigenvalue weighted by Gasteiger charge is 2.34. The number of carbonyl (C=O) groups is 1. The average molecular weight is 542 g/mol. The van der Waals surface area contributed by atoms with Crippen LogP contribution in [0, 0.1) is 0 Å². The Hall–Kier alpha value is -3.51. The summed E-state index contributed by atoms with van der Waals surface area (Å²) in [5.74, 6) is 5.00. The molecule has 3 rings (SSSR count). The molecule has 2 N–H and O–H groups in total. The minimum absolute atomic E-state index is 0.0692. The Bertz CT molecular complexity index is 1060. The van der Waals surface area contributed by atoms with Gasteiger partial charge in [-0.3, -0.25) is 4.84 Å². The summed E-state index contributed by atoms with van der Waals surface area (Å²) in [6.45, 7) is 1.27. The molecule has 0 radical (unpaired) electrons. The van der Waals surface area contributed by atoms with Gasteiger partial charge in [0.25, 0.3) is 0 Å². The number of rotatable bonds is 18. The number of hydrogen-bond donors (Lipinski definition) is 1. The Balaban J connectivity index is 1.84. The predicted octanol–water partition coefficient (Wildman–Crippen LogP) is 3.68. The molecule has 0 aliphatic heterocycles. The van der Waals surface area contributed by atoms with Crippen LogP contribution in [0.4, 0.5) is 0 Å². The van der Waals surface area contributed by atoms with E-state index in [1.54, 1.807) is 32.4 Å². The molecule has 0 aliphatic carbocycles. The molecule has 10 nitrogen and oxygen atoms in total. The third-order valence-corrected chi connectivity index (χ3v) is 5.60. The lowest BCUT2D eigenvalue weighted by Gasteiger charge is -2.25. The van der Waals surface area contributed by atoms with Crippen molar-refractivity contribution in [3.63, 3.8) is 0 Å². The number of carbonyl (C=O) groups excluding carboxylic acids is 1. The van der Waals surface area contributed by atoms with Gasteiger partial charge in [0.2, 0.25) is 5.75 Å². The van der Waals surface area contributed by atoms with E-state index in [-0.39, 0.29) is 25.1 Å². The Morgan fingerprint density at radius 1 is 0.692 bits per heavy atom. The number of methoxy groups -OCH3 is 2. The molecule has 210 valence electrons. The average Bonchev–Trinajstić information content (AvgIpc) is 2.97. The molecule has 0 heterocycles. The summed E-state index contributed by atoms with van der Waals surface area (Å²) >= 11 is 0. The minimum atomic E-state index is -1.16. The van der Waals surface area contributed by atoms with Gasteiger partial charge in [-0.15, -0.1) is 0 Å². The fraction of sp³-hybridized carbons (Fsp3) is 0.345. The molecular weight excluding hydrogens is 506 g/mol. The minimum Gasteiger partial charge on any atom is -0.464 e. The highest BCUT2D eigenvalue weighted by molar-refractivity contribution is 5.80. The van der Waals surface area contributed by atoms with E-state index in [9.17, 15) is 4.79 Å². The molecule has 0 saturated heterocycles. The van der Waals surface area contributed by atoms with Crippen LogP contribution in [0.25, 0.3) is 0 Å². The van der Waals surface area contributed by atoms with Crippen molar-refractivity contribution in [3.8, 4) is 17.2 Å². The van der Waals surface area contributed by atoms with Crippen LogP contribution < -0.4 is 20.1 Å². The van der Waals surface area contributed by atoms with E-state index in [1.807, 2.05) is 60.7 Å². The van der Waals surface area contributed by atoms with Gasteiger partial charge in [0.15, 0.2) is 31.2 Å². The lowest BCUT2D eigenvalue weighted by atomic mass is 9.86. The molecule has 3 aromatic carbocycles. The largest absolute Gasteiger partial charge is 0.464 e. The molecular formula is C29H35NO9. The first-order valence-electron chi connectivity index (χ1n) is 12.4. The number of esters is 1. The van der Waals surface area contributed by atoms with Crippen LogP contribution in [0.5, 0.6) is 17.2 Å². The molecule has 1 atom stereocenters. The fourth-order valence-corrected chi connectivity index (χ4v) is 3.74. The Kier molecular flexibility index (Phi) is 13.2. The summed E-state index contributed by atoms with van der Waals surface area (Å²) in [6.07, 6.45) is -1.16. The zero-order chi connectivity index (χ0) is 27.7. The van der Waals surface area contributed by atoms with Crippen LogP contribution in [0.3, 0.4) is 0 Å². The van der Waals surface area contributed by atoms with E-state index in [0.717, 1.165) is 11.1 Å². The van der Waals surface area contributed by atoms with Gasteiger partial charge in [-0.05, 0) is 23.3 Å². The van der Waals surface area contributed by atoms with Gasteiger partial charge < -0.3 is 33.2 Å². The molecule has 0 fully saturated rings. The van der Waals surface area contributed by atoms with Gasteiger partial charge in [-0.1, -0.05) is 66.7 Å². The van der Waals surface area contributed by atoms with Gasteiger partial charge in [0.05, 0.1) is 26.4 Å². The summed E-state index contributed by atoms with van der Waals surface area (Å²) < 4.78 is 38.1. The first-order chi connectivity index (χ1) is 19.2. The monoisotopic (exact) mass is 541 g/mol. The molecule has 0 aliphatic rings. The molecule has 0 bridgehead atoms. The molecule has 39 heavy (non-hydrogen) atoms. The second-order valence-corrected chi connectivity index (χ2v) is 8.19. The number of ether oxygens (including phenoxy) is 7. The summed E-state index contributed by atoms with van der Waals surface area (Å²) in [5.41, 5.74) is 1.67. The van der Waals surface area contributed by atoms with Crippen LogP contribution in [-0.4, -0.2) is 66.3 Å². The highest BCUT2D eigenvalue weighted by Crippen LogP contribution is 2.38. The van der Waals surface area contributed by atoms with Crippen molar-refractivity contribution in [2.45, 2.75) is 12.0 Å². The molecule has 10 heteroatoms. The van der Waals surface area contributed by atoms with E-state index < -0.39 is 18.0 Å². The van der Waals surface area contributed by atoms with Crippen molar-refractivity contribution in [1.29, 1.82) is 0 Å². The van der Waals surface area contributed by atoms with Crippen molar-refractivity contribution < 1.29 is 42.8 Å². The molecule has 0 amide bonds. The number of para-hydroxylation sites is 1. The van der Waals surface area contributed by atoms with Crippen LogP contribution in [0.15, 0.2) is 78.9 Å². The summed E-state index contributed by atoms with van der Waals surface area (Å²) in [4.78, 5) is 18.8. The van der Waals surface area contributed by atoms with Gasteiger partial charge >= 0.3 is 5.97 Å². The predicted molar refractivity (Wildman–Crippen MR) is 143 cm³/mol. The number of benzene rings is 3. The quantitative estimate of drug-likeness (QED) is 0.0840. The maximum absolute atomic E-state index is 13.5. The lowest BCUT2D eigenvalue weighted by molar-refractivity contribution is -0.149. The second kappa shape index (κ2) is 17.2. The van der Waals surface area contributed by atoms with Gasteiger partial charge in [0, 0.05) is 20.1 Å². The number of nitrogens with two attached hydrogens (primary N) is 1. The standard InChI is InChI=1S/C29H35NO9/c1-32-16-18-34-20-36-24-14-9-15-25(27(24)37-21-35-19-17-33-2)38-29(31)28(39-30)26(22-10-5-3-6-11-22)23-12-7-4-8-13-23/h3-15,26,28H,16-21,30H2,1-2H3. The Morgan fingerprint density at radius 2 is 1.23 bits per heavy atom. The zero-order valence-electron chi connectivity index (χ0n) is 22.2. The normalized spacial score (nSPS) is 11.8. The van der Waals surface area contributed by atoms with Crippen LogP contribution in [-0.2, 0) is 28.6 Å². The van der Waals surface area contributed by atoms with E-state index in [2.05, 4.69) is 0 Å². The Morgan fingerprint density at radius 3 is 1.77 bits per heavy atom. The summed E-state index contributed by atoms with van der Waals surface area (Å²) in [7, 11) is 3.15. The second-order valence-electron chi connectivity index (χ2n) is 8.19. The first-order valence-corrected chi connectivity index (χ1v) is 12.4. The molecule has 3 aromatic rings. The van der Waals surface area contributed by atoms with E-state index >= 15 is 0 Å². The Labute approximate surface area is 228 Å². The molecule has 0 saturated carbocycles. The molecule has 0 aromatic heterocycles. The maximum atomic E-state index is 13.5. The third kappa shape index (κ3) is 9.32. The third-order valence-electron chi connectivity index (χ3n) is 5.60. The number of hydrogen-bond acceptors (Lipinski definition) is 10.